The van der Waals surface area contributed by atoms with E-state index >= 15 is 0 Å². The number of urea groups is 1. The van der Waals surface area contributed by atoms with Crippen LogP contribution in [-0.4, -0.2) is 34.8 Å². The third-order valence-electron chi connectivity index (χ3n) is 5.31. The van der Waals surface area contributed by atoms with Crippen molar-refractivity contribution in [3.8, 4) is 5.75 Å². The fourth-order valence-electron chi connectivity index (χ4n) is 3.69. The molecular weight excluding hydrogens is 470 g/mol. The average molecular weight is 498 g/mol. The molecule has 0 aliphatic rings. The zero-order chi connectivity index (χ0) is 25.5. The Hall–Kier alpha value is -3.78. The second-order valence-electron chi connectivity index (χ2n) is 8.02. The molecule has 8 nitrogen and oxygen atoms in total. The highest BCUT2D eigenvalue weighted by Crippen LogP contribution is 2.33. The van der Waals surface area contributed by atoms with Gasteiger partial charge in [0.25, 0.3) is 5.56 Å². The van der Waals surface area contributed by atoms with E-state index in [1.165, 1.54) is 10.8 Å². The van der Waals surface area contributed by atoms with Crippen molar-refractivity contribution in [1.29, 1.82) is 0 Å². The normalized spacial score (nSPS) is 10.6. The molecule has 0 aliphatic heterocycles. The predicted molar refractivity (Wildman–Crippen MR) is 136 cm³/mol. The van der Waals surface area contributed by atoms with E-state index in [0.717, 1.165) is 16.0 Å². The van der Waals surface area contributed by atoms with Gasteiger partial charge in [0.1, 0.15) is 5.75 Å². The predicted octanol–water partition coefficient (Wildman–Crippen LogP) is 4.44. The first-order valence-electron chi connectivity index (χ1n) is 11.2. The second-order valence-corrected chi connectivity index (χ2v) is 8.46. The van der Waals surface area contributed by atoms with Crippen LogP contribution in [0, 0.1) is 6.92 Å². The monoisotopic (exact) mass is 497 g/mol. The van der Waals surface area contributed by atoms with Crippen molar-refractivity contribution >= 4 is 35.0 Å². The van der Waals surface area contributed by atoms with Gasteiger partial charge in [-0.1, -0.05) is 35.9 Å². The third kappa shape index (κ3) is 6.42. The summed E-state index contributed by atoms with van der Waals surface area (Å²) >= 11 is 6.11. The number of pyridine rings is 1. The van der Waals surface area contributed by atoms with Crippen molar-refractivity contribution in [2.24, 2.45) is 7.05 Å². The van der Waals surface area contributed by atoms with Crippen LogP contribution in [0.5, 0.6) is 5.75 Å². The summed E-state index contributed by atoms with van der Waals surface area (Å²) in [6.07, 6.45) is 2.01. The van der Waals surface area contributed by atoms with Crippen LogP contribution in [0.2, 0.25) is 5.02 Å². The van der Waals surface area contributed by atoms with Crippen molar-refractivity contribution in [1.82, 2.24) is 9.88 Å². The molecule has 1 heterocycles. The van der Waals surface area contributed by atoms with E-state index < -0.39 is 17.6 Å². The van der Waals surface area contributed by atoms with Crippen LogP contribution in [-0.2, 0) is 23.0 Å². The molecule has 0 radical (unpaired) electrons. The molecule has 3 rings (SSSR count). The number of aryl methyl sites for hydroxylation is 2. The minimum Gasteiger partial charge on any atom is -0.505 e. The standard InChI is InChI=1S/C26H28ClN3O5/c1-4-35-22(31)11-12-28-26(34)30(23-24(32)17(2)16-29(3)25(23)33)21-10-6-8-19(15-21)13-18-7-5-9-20(27)14-18/h5-10,14-16,32H,4,11-13H2,1-3H3,(H,28,34). The number of esters is 1. The van der Waals surface area contributed by atoms with Crippen molar-refractivity contribution in [3.63, 3.8) is 0 Å². The fourth-order valence-corrected chi connectivity index (χ4v) is 3.90. The molecule has 184 valence electrons. The highest BCUT2D eigenvalue weighted by atomic mass is 35.5. The number of aromatic hydroxyl groups is 1. The molecule has 9 heteroatoms. The van der Waals surface area contributed by atoms with Gasteiger partial charge < -0.3 is 19.7 Å². The summed E-state index contributed by atoms with van der Waals surface area (Å²) in [5, 5.41) is 14.0. The molecule has 35 heavy (non-hydrogen) atoms. The molecule has 2 aromatic carbocycles. The number of hydrogen-bond acceptors (Lipinski definition) is 5. The number of carbonyl (C=O) groups is 2. The van der Waals surface area contributed by atoms with Crippen molar-refractivity contribution in [2.45, 2.75) is 26.7 Å². The fraction of sp³-hybridized carbons (Fsp3) is 0.269. The Bertz CT molecular complexity index is 1290. The van der Waals surface area contributed by atoms with Crippen LogP contribution in [0.4, 0.5) is 16.2 Å². The summed E-state index contributed by atoms with van der Waals surface area (Å²) in [6.45, 7) is 3.59. The van der Waals surface area contributed by atoms with Crippen LogP contribution in [0.25, 0.3) is 0 Å². The van der Waals surface area contributed by atoms with E-state index in [4.69, 9.17) is 16.3 Å². The first-order valence-corrected chi connectivity index (χ1v) is 11.5. The van der Waals surface area contributed by atoms with Crippen LogP contribution < -0.4 is 15.8 Å². The summed E-state index contributed by atoms with van der Waals surface area (Å²) in [5.74, 6) is -0.744. The molecule has 0 bridgehead atoms. The van der Waals surface area contributed by atoms with E-state index in [2.05, 4.69) is 5.32 Å². The smallest absolute Gasteiger partial charge is 0.326 e. The first-order chi connectivity index (χ1) is 16.7. The number of benzene rings is 2. The molecule has 0 saturated carbocycles. The summed E-state index contributed by atoms with van der Waals surface area (Å²) < 4.78 is 6.20. The van der Waals surface area contributed by atoms with Crippen LogP contribution >= 0.6 is 11.6 Å². The van der Waals surface area contributed by atoms with E-state index in [0.29, 0.717) is 22.7 Å². The van der Waals surface area contributed by atoms with Gasteiger partial charge >= 0.3 is 12.0 Å². The minimum atomic E-state index is -0.660. The molecule has 0 unspecified atom stereocenters. The van der Waals surface area contributed by atoms with Crippen molar-refractivity contribution in [3.05, 3.63) is 86.8 Å². The largest absolute Gasteiger partial charge is 0.505 e. The topological polar surface area (TPSA) is 101 Å². The molecule has 0 atom stereocenters. The number of ether oxygens (including phenoxy) is 1. The Kier molecular flexibility index (Phi) is 8.54. The number of nitrogens with one attached hydrogen (secondary N) is 1. The Balaban J connectivity index is 2.00. The highest BCUT2D eigenvalue weighted by molar-refractivity contribution is 6.30. The molecule has 1 aromatic heterocycles. The number of aromatic nitrogens is 1. The Morgan fingerprint density at radius 1 is 1.14 bits per heavy atom. The first kappa shape index (κ1) is 25.8. The van der Waals surface area contributed by atoms with E-state index in [1.807, 2.05) is 24.3 Å². The lowest BCUT2D eigenvalue weighted by Crippen LogP contribution is -2.41. The van der Waals surface area contributed by atoms with Gasteiger partial charge in [-0.15, -0.1) is 0 Å². The highest BCUT2D eigenvalue weighted by Gasteiger charge is 2.26. The summed E-state index contributed by atoms with van der Waals surface area (Å²) in [4.78, 5) is 39.2. The van der Waals surface area contributed by atoms with Crippen LogP contribution in [0.3, 0.4) is 0 Å². The van der Waals surface area contributed by atoms with E-state index in [9.17, 15) is 19.5 Å². The number of amides is 2. The quantitative estimate of drug-likeness (QED) is 0.448. The van der Waals surface area contributed by atoms with E-state index in [-0.39, 0.29) is 31.0 Å². The number of nitrogens with zero attached hydrogens (tertiary/aromatic N) is 2. The lowest BCUT2D eigenvalue weighted by atomic mass is 10.0. The van der Waals surface area contributed by atoms with Gasteiger partial charge in [-0.25, -0.2) is 4.79 Å². The lowest BCUT2D eigenvalue weighted by molar-refractivity contribution is -0.142. The summed E-state index contributed by atoms with van der Waals surface area (Å²) in [7, 11) is 1.55. The maximum atomic E-state index is 13.3. The van der Waals surface area contributed by atoms with Crippen molar-refractivity contribution < 1.29 is 19.4 Å². The van der Waals surface area contributed by atoms with Gasteiger partial charge in [-0.2, -0.15) is 0 Å². The van der Waals surface area contributed by atoms with Gasteiger partial charge in [0.15, 0.2) is 5.69 Å². The third-order valence-corrected chi connectivity index (χ3v) is 5.55. The average Bonchev–Trinajstić information content (AvgIpc) is 2.81. The lowest BCUT2D eigenvalue weighted by Gasteiger charge is -2.25. The maximum absolute atomic E-state index is 13.3. The minimum absolute atomic E-state index is 0.00324. The Morgan fingerprint density at radius 2 is 1.83 bits per heavy atom. The molecule has 0 aliphatic carbocycles. The van der Waals surface area contributed by atoms with Gasteiger partial charge in [0.05, 0.1) is 18.7 Å². The SMILES string of the molecule is CCOC(=O)CCNC(=O)N(c1cccc(Cc2cccc(Cl)c2)c1)c1c(O)c(C)cn(C)c1=O. The van der Waals surface area contributed by atoms with Crippen LogP contribution in [0.15, 0.2) is 59.5 Å². The van der Waals surface area contributed by atoms with Crippen molar-refractivity contribution in [2.75, 3.05) is 18.1 Å². The van der Waals surface area contributed by atoms with Gasteiger partial charge in [-0.3, -0.25) is 14.5 Å². The molecule has 0 spiro atoms. The molecule has 0 saturated heterocycles. The van der Waals surface area contributed by atoms with E-state index in [1.54, 1.807) is 45.2 Å². The zero-order valence-electron chi connectivity index (χ0n) is 19.9. The number of rotatable bonds is 8. The molecular formula is C26H28ClN3O5. The molecule has 3 aromatic rings. The number of hydrogen-bond donors (Lipinski definition) is 2. The number of carbonyl (C=O) groups excluding carboxylic acids is 2. The second kappa shape index (κ2) is 11.6. The number of anilines is 2. The molecule has 2 N–H and O–H groups in total. The van der Waals surface area contributed by atoms with Gasteiger partial charge in [0, 0.05) is 30.4 Å². The zero-order valence-corrected chi connectivity index (χ0v) is 20.6. The van der Waals surface area contributed by atoms with Gasteiger partial charge in [0.2, 0.25) is 0 Å². The van der Waals surface area contributed by atoms with Gasteiger partial charge in [-0.05, 0) is 55.7 Å². The Morgan fingerprint density at radius 3 is 2.51 bits per heavy atom. The molecule has 2 amide bonds. The summed E-state index contributed by atoms with van der Waals surface area (Å²) in [5.41, 5.74) is 1.94. The van der Waals surface area contributed by atoms with Crippen LogP contribution in [0.1, 0.15) is 30.0 Å². The summed E-state index contributed by atoms with van der Waals surface area (Å²) in [6, 6.07) is 13.9. The maximum Gasteiger partial charge on any atom is 0.326 e. The molecule has 0 fully saturated rings. The number of halogens is 1. The Labute approximate surface area is 208 Å².